The number of carbonyl (C=O) groups is 1. The van der Waals surface area contributed by atoms with Gasteiger partial charge in [-0.25, -0.2) is 4.39 Å². The molecule has 1 amide bonds. The number of nitrogens with one attached hydrogen (secondary N) is 1. The summed E-state index contributed by atoms with van der Waals surface area (Å²) in [5.74, 6) is -1.36. The number of benzene rings is 3. The van der Waals surface area contributed by atoms with Gasteiger partial charge in [0, 0.05) is 34.6 Å². The van der Waals surface area contributed by atoms with Gasteiger partial charge in [0.25, 0.3) is 5.91 Å². The third-order valence-corrected chi connectivity index (χ3v) is 5.46. The van der Waals surface area contributed by atoms with Crippen LogP contribution in [0, 0.1) is 5.82 Å². The number of hydrogen-bond acceptors (Lipinski definition) is 3. The molecule has 0 heterocycles. The fraction of sp³-hybridized carbons (Fsp3) is 0.174. The monoisotopic (exact) mass is 501 g/mol. The minimum Gasteiger partial charge on any atom is -0.507 e. The molecule has 0 atom stereocenters. The van der Waals surface area contributed by atoms with Crippen molar-refractivity contribution in [2.45, 2.75) is 12.6 Å². The molecular formula is C23H17Cl2F4NO3. The van der Waals surface area contributed by atoms with Gasteiger partial charge in [0.15, 0.2) is 6.61 Å². The van der Waals surface area contributed by atoms with Crippen molar-refractivity contribution in [3.8, 4) is 22.6 Å². The predicted octanol–water partition coefficient (Wildman–Crippen LogP) is 6.24. The van der Waals surface area contributed by atoms with Gasteiger partial charge in [-0.15, -0.1) is 0 Å². The van der Waals surface area contributed by atoms with Gasteiger partial charge >= 0.3 is 6.18 Å². The van der Waals surface area contributed by atoms with Crippen molar-refractivity contribution in [1.82, 2.24) is 5.32 Å². The Labute approximate surface area is 196 Å². The van der Waals surface area contributed by atoms with Crippen LogP contribution >= 0.6 is 23.2 Å². The van der Waals surface area contributed by atoms with Gasteiger partial charge in [0.2, 0.25) is 0 Å². The molecule has 0 spiro atoms. The van der Waals surface area contributed by atoms with E-state index in [0.29, 0.717) is 29.3 Å². The lowest BCUT2D eigenvalue weighted by atomic mass is 9.96. The second kappa shape index (κ2) is 9.89. The molecule has 0 aromatic heterocycles. The topological polar surface area (TPSA) is 58.6 Å². The SMILES string of the molecule is CNC(=O)COc1cc(Cl)c(Cc2ccc(O)c(-c3cc(C(F)(F)F)ccc3F)c2)c(Cl)c1. The summed E-state index contributed by atoms with van der Waals surface area (Å²) in [6, 6.07) is 9.07. The van der Waals surface area contributed by atoms with E-state index in [1.807, 2.05) is 0 Å². The number of amides is 1. The average Bonchev–Trinajstić information content (AvgIpc) is 2.75. The number of carbonyl (C=O) groups excluding carboxylic acids is 1. The zero-order valence-corrected chi connectivity index (χ0v) is 18.6. The molecule has 3 rings (SSSR count). The number of phenolic OH excluding ortho intramolecular Hbond substituents is 1. The van der Waals surface area contributed by atoms with Crippen molar-refractivity contribution in [3.05, 3.63) is 81.1 Å². The number of alkyl halides is 3. The van der Waals surface area contributed by atoms with Gasteiger partial charge in [0.1, 0.15) is 17.3 Å². The van der Waals surface area contributed by atoms with Gasteiger partial charge in [-0.05, 0) is 53.6 Å². The Hall–Kier alpha value is -2.97. The summed E-state index contributed by atoms with van der Waals surface area (Å²) in [5, 5.41) is 13.1. The summed E-state index contributed by atoms with van der Waals surface area (Å²) >= 11 is 12.6. The molecule has 0 radical (unpaired) electrons. The second-order valence-corrected chi connectivity index (χ2v) is 7.86. The Morgan fingerprint density at radius 3 is 2.30 bits per heavy atom. The highest BCUT2D eigenvalue weighted by atomic mass is 35.5. The average molecular weight is 502 g/mol. The molecule has 0 aliphatic heterocycles. The summed E-state index contributed by atoms with van der Waals surface area (Å²) in [6.45, 7) is -0.230. The van der Waals surface area contributed by atoms with Crippen LogP contribution in [-0.4, -0.2) is 24.7 Å². The minimum absolute atomic E-state index is 0.103. The molecule has 174 valence electrons. The maximum atomic E-state index is 14.3. The number of halogens is 6. The molecule has 4 nitrogen and oxygen atoms in total. The number of likely N-dealkylation sites (N-methyl/N-ethyl adjacent to an activating group) is 1. The van der Waals surface area contributed by atoms with Crippen molar-refractivity contribution in [1.29, 1.82) is 0 Å². The van der Waals surface area contributed by atoms with E-state index < -0.39 is 17.6 Å². The Balaban J connectivity index is 1.93. The van der Waals surface area contributed by atoms with E-state index in [9.17, 15) is 27.5 Å². The molecule has 2 N–H and O–H groups in total. The zero-order valence-electron chi connectivity index (χ0n) is 17.1. The Morgan fingerprint density at radius 1 is 1.03 bits per heavy atom. The molecule has 10 heteroatoms. The van der Waals surface area contributed by atoms with Crippen LogP contribution in [-0.2, 0) is 17.4 Å². The molecule has 0 aliphatic carbocycles. The summed E-state index contributed by atoms with van der Waals surface area (Å²) < 4.78 is 58.9. The van der Waals surface area contributed by atoms with Gasteiger partial charge < -0.3 is 15.2 Å². The van der Waals surface area contributed by atoms with Crippen LogP contribution in [0.5, 0.6) is 11.5 Å². The van der Waals surface area contributed by atoms with Gasteiger partial charge in [0.05, 0.1) is 5.56 Å². The molecule has 0 aliphatic rings. The van der Waals surface area contributed by atoms with Gasteiger partial charge in [-0.1, -0.05) is 29.3 Å². The highest BCUT2D eigenvalue weighted by molar-refractivity contribution is 6.36. The van der Waals surface area contributed by atoms with Crippen LogP contribution in [0.1, 0.15) is 16.7 Å². The molecular weight excluding hydrogens is 485 g/mol. The number of aromatic hydroxyl groups is 1. The highest BCUT2D eigenvalue weighted by Gasteiger charge is 2.31. The normalized spacial score (nSPS) is 11.4. The van der Waals surface area contributed by atoms with E-state index in [2.05, 4.69) is 5.32 Å². The van der Waals surface area contributed by atoms with E-state index in [1.54, 1.807) is 0 Å². The lowest BCUT2D eigenvalue weighted by Crippen LogP contribution is -2.24. The van der Waals surface area contributed by atoms with Crippen molar-refractivity contribution in [2.75, 3.05) is 13.7 Å². The largest absolute Gasteiger partial charge is 0.507 e. The van der Waals surface area contributed by atoms with Crippen LogP contribution in [0.25, 0.3) is 11.1 Å². The van der Waals surface area contributed by atoms with Crippen molar-refractivity contribution >= 4 is 29.1 Å². The lowest BCUT2D eigenvalue weighted by Gasteiger charge is -2.14. The Bertz CT molecular complexity index is 1180. The van der Waals surface area contributed by atoms with E-state index in [4.69, 9.17) is 27.9 Å². The summed E-state index contributed by atoms with van der Waals surface area (Å²) in [7, 11) is 1.46. The number of rotatable bonds is 6. The highest BCUT2D eigenvalue weighted by Crippen LogP contribution is 2.38. The Morgan fingerprint density at radius 2 is 1.70 bits per heavy atom. The van der Waals surface area contributed by atoms with E-state index in [0.717, 1.165) is 0 Å². The van der Waals surface area contributed by atoms with Crippen LogP contribution < -0.4 is 10.1 Å². The van der Waals surface area contributed by atoms with E-state index >= 15 is 0 Å². The first-order valence-corrected chi connectivity index (χ1v) is 10.3. The first-order chi connectivity index (χ1) is 15.5. The molecule has 3 aromatic rings. The fourth-order valence-electron chi connectivity index (χ4n) is 3.07. The minimum atomic E-state index is -4.67. The summed E-state index contributed by atoms with van der Waals surface area (Å²) in [4.78, 5) is 11.3. The second-order valence-electron chi connectivity index (χ2n) is 7.05. The molecule has 0 saturated heterocycles. The third-order valence-electron chi connectivity index (χ3n) is 4.79. The quantitative estimate of drug-likeness (QED) is 0.393. The fourth-order valence-corrected chi connectivity index (χ4v) is 3.67. The maximum absolute atomic E-state index is 14.3. The molecule has 33 heavy (non-hydrogen) atoms. The molecule has 0 fully saturated rings. The first-order valence-electron chi connectivity index (χ1n) is 9.50. The maximum Gasteiger partial charge on any atom is 0.416 e. The van der Waals surface area contributed by atoms with Crippen LogP contribution in [0.4, 0.5) is 17.6 Å². The van der Waals surface area contributed by atoms with Crippen LogP contribution in [0.2, 0.25) is 10.0 Å². The first kappa shape index (κ1) is 24.7. The lowest BCUT2D eigenvalue weighted by molar-refractivity contribution is -0.137. The molecule has 0 saturated carbocycles. The van der Waals surface area contributed by atoms with Gasteiger partial charge in [-0.3, -0.25) is 4.79 Å². The molecule has 0 bridgehead atoms. The van der Waals surface area contributed by atoms with Crippen molar-refractivity contribution in [3.63, 3.8) is 0 Å². The third kappa shape index (κ3) is 5.89. The number of ether oxygens (including phenoxy) is 1. The molecule has 3 aromatic carbocycles. The Kier molecular flexibility index (Phi) is 7.39. The van der Waals surface area contributed by atoms with E-state index in [-0.39, 0.29) is 51.6 Å². The summed E-state index contributed by atoms with van der Waals surface area (Å²) in [6.07, 6.45) is -4.53. The molecule has 0 unspecified atom stereocenters. The van der Waals surface area contributed by atoms with Crippen LogP contribution in [0.3, 0.4) is 0 Å². The van der Waals surface area contributed by atoms with Gasteiger partial charge in [-0.2, -0.15) is 13.2 Å². The van der Waals surface area contributed by atoms with Crippen molar-refractivity contribution in [2.24, 2.45) is 0 Å². The zero-order chi connectivity index (χ0) is 24.3. The van der Waals surface area contributed by atoms with E-state index in [1.165, 1.54) is 37.4 Å². The predicted molar refractivity (Wildman–Crippen MR) is 117 cm³/mol. The standard InChI is InChI=1S/C23H17Cl2F4NO3/c1-30-22(32)11-33-14-9-18(24)17(19(25)10-14)7-12-2-5-21(31)16(6-12)15-8-13(23(27,28)29)3-4-20(15)26/h2-6,8-10,31H,7,11H2,1H3,(H,30,32). The van der Waals surface area contributed by atoms with Crippen LogP contribution in [0.15, 0.2) is 48.5 Å². The number of phenols is 1. The smallest absolute Gasteiger partial charge is 0.416 e. The van der Waals surface area contributed by atoms with Crippen molar-refractivity contribution < 1.29 is 32.2 Å². The summed E-state index contributed by atoms with van der Waals surface area (Å²) in [5.41, 5.74) is -0.537. The number of hydrogen-bond donors (Lipinski definition) is 2.